The Kier molecular flexibility index (Phi) is 2.14. The minimum absolute atomic E-state index is 0.810. The second-order valence-electron chi connectivity index (χ2n) is 2.37. The highest BCUT2D eigenvalue weighted by atomic mass is 79.9. The van der Waals surface area contributed by atoms with E-state index in [4.69, 9.17) is 0 Å². The van der Waals surface area contributed by atoms with Gasteiger partial charge in [-0.2, -0.15) is 5.10 Å². The molecular weight excluding hydrogens is 286 g/mol. The third-order valence-corrected chi connectivity index (χ3v) is 2.63. The molecule has 0 spiro atoms. The average molecular weight is 291 g/mol. The molecule has 0 aliphatic carbocycles. The van der Waals surface area contributed by atoms with E-state index in [-0.39, 0.29) is 0 Å². The van der Waals surface area contributed by atoms with Crippen molar-refractivity contribution in [3.05, 3.63) is 22.4 Å². The molecule has 12 heavy (non-hydrogen) atoms. The van der Waals surface area contributed by atoms with Gasteiger partial charge in [0, 0.05) is 10.7 Å². The lowest BCUT2D eigenvalue weighted by Crippen LogP contribution is -1.84. The number of aromatic amines is 1. The van der Waals surface area contributed by atoms with Crippen LogP contribution in [0.15, 0.2) is 16.9 Å². The molecule has 0 saturated carbocycles. The number of nitrogens with zero attached hydrogens (tertiary/aromatic N) is 2. The van der Waals surface area contributed by atoms with Gasteiger partial charge >= 0.3 is 0 Å². The van der Waals surface area contributed by atoms with E-state index in [2.05, 4.69) is 47.0 Å². The topological polar surface area (TPSA) is 41.6 Å². The summed E-state index contributed by atoms with van der Waals surface area (Å²) < 4.78 is 0.828. The highest BCUT2D eigenvalue weighted by molar-refractivity contribution is 9.10. The van der Waals surface area contributed by atoms with Gasteiger partial charge in [0.25, 0.3) is 0 Å². The van der Waals surface area contributed by atoms with Crippen LogP contribution in [0.5, 0.6) is 0 Å². The molecule has 2 rings (SSSR count). The molecule has 0 aliphatic heterocycles. The minimum atomic E-state index is 0.810. The Hall–Kier alpha value is -0.420. The molecule has 2 heterocycles. The highest BCUT2D eigenvalue weighted by Crippen LogP contribution is 2.20. The fraction of sp³-hybridized carbons (Fsp3) is 0.143. The molecule has 0 aromatic carbocycles. The molecule has 2 aromatic rings. The van der Waals surface area contributed by atoms with E-state index in [9.17, 15) is 0 Å². The maximum absolute atomic E-state index is 4.22. The Morgan fingerprint density at radius 3 is 3.08 bits per heavy atom. The van der Waals surface area contributed by atoms with Gasteiger partial charge in [0.15, 0.2) is 5.65 Å². The molecule has 0 amide bonds. The van der Waals surface area contributed by atoms with Gasteiger partial charge in [-0.25, -0.2) is 4.98 Å². The quantitative estimate of drug-likeness (QED) is 0.648. The molecule has 5 heteroatoms. The summed E-state index contributed by atoms with van der Waals surface area (Å²) in [5.41, 5.74) is 2.00. The lowest BCUT2D eigenvalue weighted by Gasteiger charge is -1.97. The number of H-pyrrole nitrogens is 1. The molecule has 0 aliphatic rings. The predicted octanol–water partition coefficient (Wildman–Crippen LogP) is 2.62. The van der Waals surface area contributed by atoms with Gasteiger partial charge in [0.1, 0.15) is 4.60 Å². The van der Waals surface area contributed by atoms with Gasteiger partial charge in [-0.15, -0.1) is 0 Å². The largest absolute Gasteiger partial charge is 0.261 e. The molecule has 0 atom stereocenters. The molecule has 0 radical (unpaired) electrons. The standard InChI is InChI=1S/C7H5Br2N3/c8-2-4-1-6(9)11-7-5(4)3-10-12-7/h1,3H,2H2,(H,10,11,12). The van der Waals surface area contributed by atoms with E-state index < -0.39 is 0 Å². The van der Waals surface area contributed by atoms with Crippen molar-refractivity contribution in [1.29, 1.82) is 0 Å². The maximum atomic E-state index is 4.22. The normalized spacial score (nSPS) is 10.8. The lowest BCUT2D eigenvalue weighted by atomic mass is 10.2. The number of rotatable bonds is 1. The molecule has 2 aromatic heterocycles. The van der Waals surface area contributed by atoms with Crippen molar-refractivity contribution in [2.24, 2.45) is 0 Å². The van der Waals surface area contributed by atoms with E-state index in [0.29, 0.717) is 0 Å². The molecule has 1 N–H and O–H groups in total. The zero-order valence-corrected chi connectivity index (χ0v) is 9.18. The Balaban J connectivity index is 2.80. The number of aromatic nitrogens is 3. The van der Waals surface area contributed by atoms with Crippen LogP contribution in [0.25, 0.3) is 11.0 Å². The summed E-state index contributed by atoms with van der Waals surface area (Å²) >= 11 is 6.74. The number of fused-ring (bicyclic) bond motifs is 1. The van der Waals surface area contributed by atoms with Crippen LogP contribution in [0, 0.1) is 0 Å². The van der Waals surface area contributed by atoms with Gasteiger partial charge < -0.3 is 0 Å². The summed E-state index contributed by atoms with van der Waals surface area (Å²) in [6.45, 7) is 0. The molecule has 0 bridgehead atoms. The van der Waals surface area contributed by atoms with E-state index in [1.54, 1.807) is 6.20 Å². The zero-order valence-electron chi connectivity index (χ0n) is 6.01. The highest BCUT2D eigenvalue weighted by Gasteiger charge is 2.04. The molecular formula is C7H5Br2N3. The van der Waals surface area contributed by atoms with E-state index in [0.717, 1.165) is 21.0 Å². The van der Waals surface area contributed by atoms with Crippen LogP contribution in [0.2, 0.25) is 0 Å². The number of nitrogens with one attached hydrogen (secondary N) is 1. The van der Waals surface area contributed by atoms with Gasteiger partial charge in [-0.05, 0) is 27.6 Å². The molecule has 0 unspecified atom stereocenters. The number of hydrogen-bond acceptors (Lipinski definition) is 2. The molecule has 0 saturated heterocycles. The van der Waals surface area contributed by atoms with E-state index >= 15 is 0 Å². The monoisotopic (exact) mass is 289 g/mol. The zero-order chi connectivity index (χ0) is 8.55. The maximum Gasteiger partial charge on any atom is 0.156 e. The van der Waals surface area contributed by atoms with Crippen LogP contribution < -0.4 is 0 Å². The lowest BCUT2D eigenvalue weighted by molar-refractivity contribution is 1.09. The second kappa shape index (κ2) is 3.14. The van der Waals surface area contributed by atoms with Crippen molar-refractivity contribution >= 4 is 42.9 Å². The Labute approximate surface area is 85.8 Å². The summed E-state index contributed by atoms with van der Waals surface area (Å²) in [7, 11) is 0. The van der Waals surface area contributed by atoms with Crippen LogP contribution in [-0.4, -0.2) is 15.2 Å². The van der Waals surface area contributed by atoms with Crippen molar-refractivity contribution in [1.82, 2.24) is 15.2 Å². The third-order valence-electron chi connectivity index (χ3n) is 1.62. The van der Waals surface area contributed by atoms with Crippen LogP contribution in [0.3, 0.4) is 0 Å². The first kappa shape index (κ1) is 8.19. The summed E-state index contributed by atoms with van der Waals surface area (Å²) in [5, 5.41) is 8.62. The number of pyridine rings is 1. The van der Waals surface area contributed by atoms with Crippen LogP contribution >= 0.6 is 31.9 Å². The van der Waals surface area contributed by atoms with Gasteiger partial charge in [0.05, 0.1) is 6.20 Å². The summed E-state index contributed by atoms with van der Waals surface area (Å²) in [4.78, 5) is 4.22. The van der Waals surface area contributed by atoms with Crippen molar-refractivity contribution in [3.8, 4) is 0 Å². The number of alkyl halides is 1. The minimum Gasteiger partial charge on any atom is -0.261 e. The van der Waals surface area contributed by atoms with E-state index in [1.807, 2.05) is 6.07 Å². The fourth-order valence-corrected chi connectivity index (χ4v) is 1.99. The average Bonchev–Trinajstić information content (AvgIpc) is 2.50. The van der Waals surface area contributed by atoms with Crippen LogP contribution in [0.4, 0.5) is 0 Å². The molecule has 3 nitrogen and oxygen atoms in total. The summed E-state index contributed by atoms with van der Waals surface area (Å²) in [6, 6.07) is 1.98. The first-order valence-corrected chi connectivity index (χ1v) is 5.27. The summed E-state index contributed by atoms with van der Waals surface area (Å²) in [6.07, 6.45) is 1.78. The van der Waals surface area contributed by atoms with Gasteiger partial charge in [0.2, 0.25) is 0 Å². The smallest absolute Gasteiger partial charge is 0.156 e. The van der Waals surface area contributed by atoms with Gasteiger partial charge in [-0.1, -0.05) is 15.9 Å². The van der Waals surface area contributed by atoms with Crippen LogP contribution in [0.1, 0.15) is 5.56 Å². The Bertz CT molecular complexity index is 410. The van der Waals surface area contributed by atoms with Gasteiger partial charge in [-0.3, -0.25) is 5.10 Å². The number of halogens is 2. The van der Waals surface area contributed by atoms with Crippen molar-refractivity contribution in [2.75, 3.05) is 0 Å². The Morgan fingerprint density at radius 2 is 2.33 bits per heavy atom. The van der Waals surface area contributed by atoms with Crippen LogP contribution in [-0.2, 0) is 5.33 Å². The van der Waals surface area contributed by atoms with E-state index in [1.165, 1.54) is 5.56 Å². The van der Waals surface area contributed by atoms with Crippen molar-refractivity contribution in [3.63, 3.8) is 0 Å². The fourth-order valence-electron chi connectivity index (χ4n) is 1.07. The van der Waals surface area contributed by atoms with Crippen molar-refractivity contribution < 1.29 is 0 Å². The first-order valence-electron chi connectivity index (χ1n) is 3.35. The van der Waals surface area contributed by atoms with Crippen molar-refractivity contribution in [2.45, 2.75) is 5.33 Å². The SMILES string of the molecule is BrCc1cc(Br)nc2[nH]ncc12. The predicted molar refractivity (Wildman–Crippen MR) is 54.2 cm³/mol. The third kappa shape index (κ3) is 1.27. The molecule has 62 valence electrons. The summed E-state index contributed by atoms with van der Waals surface area (Å²) in [5.74, 6) is 0. The number of hydrogen-bond donors (Lipinski definition) is 1. The first-order chi connectivity index (χ1) is 5.81. The second-order valence-corrected chi connectivity index (χ2v) is 3.74. The Morgan fingerprint density at radius 1 is 1.50 bits per heavy atom. The molecule has 0 fully saturated rings.